The number of anilines is 1. The topological polar surface area (TPSA) is 98.2 Å². The van der Waals surface area contributed by atoms with E-state index in [4.69, 9.17) is 5.11 Å². The molecule has 3 aliphatic heterocycles. The number of thioether (sulfide) groups is 1. The van der Waals surface area contributed by atoms with Gasteiger partial charge in [0.05, 0.1) is 16.6 Å². The molecule has 3 fully saturated rings. The molecule has 0 aliphatic carbocycles. The number of carbonyl (C=O) groups is 3. The number of carboxylic acid groups (broad SMARTS) is 1. The molecule has 2 bridgehead atoms. The van der Waals surface area contributed by atoms with Crippen LogP contribution >= 0.6 is 11.8 Å². The van der Waals surface area contributed by atoms with Gasteiger partial charge in [-0.15, -0.1) is 18.3 Å². The fraction of sp³-hybridized carbons (Fsp3) is 0.607. The maximum Gasteiger partial charge on any atom is 0.308 e. The first kappa shape index (κ1) is 26.7. The van der Waals surface area contributed by atoms with Crippen LogP contribution in [-0.2, 0) is 14.4 Å². The third kappa shape index (κ3) is 4.16. The van der Waals surface area contributed by atoms with E-state index in [1.165, 1.54) is 0 Å². The number of benzene rings is 1. The number of likely N-dealkylation sites (tertiary alicyclic amines) is 1. The third-order valence-corrected chi connectivity index (χ3v) is 10.4. The van der Waals surface area contributed by atoms with Crippen molar-refractivity contribution in [1.29, 1.82) is 0 Å². The summed E-state index contributed by atoms with van der Waals surface area (Å²) >= 11 is 1.57. The largest absolute Gasteiger partial charge is 0.481 e. The maximum atomic E-state index is 14.6. The quantitative estimate of drug-likeness (QED) is 0.344. The van der Waals surface area contributed by atoms with Crippen molar-refractivity contribution in [1.82, 2.24) is 4.90 Å². The lowest BCUT2D eigenvalue weighted by Gasteiger charge is -2.40. The van der Waals surface area contributed by atoms with Crippen molar-refractivity contribution in [2.24, 2.45) is 17.8 Å². The van der Waals surface area contributed by atoms with Crippen LogP contribution in [0.4, 0.5) is 5.69 Å². The number of aliphatic hydroxyl groups is 1. The van der Waals surface area contributed by atoms with Gasteiger partial charge < -0.3 is 20.0 Å². The van der Waals surface area contributed by atoms with E-state index in [0.29, 0.717) is 32.4 Å². The fourth-order valence-corrected chi connectivity index (χ4v) is 9.28. The Morgan fingerprint density at radius 1 is 1.22 bits per heavy atom. The minimum absolute atomic E-state index is 0.0499. The summed E-state index contributed by atoms with van der Waals surface area (Å²) in [4.78, 5) is 44.3. The molecule has 3 heterocycles. The van der Waals surface area contributed by atoms with Gasteiger partial charge in [0.25, 0.3) is 5.91 Å². The highest BCUT2D eigenvalue weighted by Crippen LogP contribution is 2.68. The molecule has 0 saturated carbocycles. The lowest BCUT2D eigenvalue weighted by Crippen LogP contribution is -2.57. The fourth-order valence-electron chi connectivity index (χ4n) is 6.87. The molecule has 3 unspecified atom stereocenters. The van der Waals surface area contributed by atoms with Crippen LogP contribution in [0.5, 0.6) is 0 Å². The van der Waals surface area contributed by atoms with E-state index in [2.05, 4.69) is 13.5 Å². The number of unbranched alkanes of at least 4 members (excludes halogenated alkanes) is 3. The second-order valence-corrected chi connectivity index (χ2v) is 12.1. The van der Waals surface area contributed by atoms with Gasteiger partial charge in [0.2, 0.25) is 5.91 Å². The Labute approximate surface area is 217 Å². The van der Waals surface area contributed by atoms with Crippen molar-refractivity contribution in [2.75, 3.05) is 24.6 Å². The van der Waals surface area contributed by atoms with Crippen LogP contribution in [0.2, 0.25) is 0 Å². The zero-order valence-corrected chi connectivity index (χ0v) is 22.3. The number of amides is 2. The van der Waals surface area contributed by atoms with E-state index in [1.807, 2.05) is 32.0 Å². The molecule has 0 radical (unpaired) electrons. The molecule has 2 N–H and O–H groups in total. The van der Waals surface area contributed by atoms with Gasteiger partial charge in [-0.1, -0.05) is 44.0 Å². The number of carbonyl (C=O) groups excluding carboxylic acids is 2. The van der Waals surface area contributed by atoms with Gasteiger partial charge in [-0.2, -0.15) is 0 Å². The van der Waals surface area contributed by atoms with Crippen molar-refractivity contribution < 1.29 is 24.6 Å². The van der Waals surface area contributed by atoms with Crippen molar-refractivity contribution in [3.63, 3.8) is 0 Å². The van der Waals surface area contributed by atoms with Gasteiger partial charge in [0, 0.05) is 30.6 Å². The summed E-state index contributed by atoms with van der Waals surface area (Å²) in [5, 5.41) is 19.1. The molecule has 0 aromatic heterocycles. The van der Waals surface area contributed by atoms with E-state index < -0.39 is 28.6 Å². The van der Waals surface area contributed by atoms with Gasteiger partial charge in [-0.3, -0.25) is 14.4 Å². The Hall–Kier alpha value is -2.32. The monoisotopic (exact) mass is 514 g/mol. The Bertz CT molecular complexity index is 1020. The normalized spacial score (nSPS) is 30.5. The predicted molar refractivity (Wildman–Crippen MR) is 142 cm³/mol. The summed E-state index contributed by atoms with van der Waals surface area (Å²) in [5.41, 5.74) is 2.77. The van der Waals surface area contributed by atoms with Crippen LogP contribution < -0.4 is 4.90 Å². The predicted octanol–water partition coefficient (Wildman–Crippen LogP) is 3.80. The number of nitrogens with zero attached hydrogens (tertiary/aromatic N) is 2. The smallest absolute Gasteiger partial charge is 0.308 e. The first-order valence-electron chi connectivity index (χ1n) is 13.0. The highest BCUT2D eigenvalue weighted by molar-refractivity contribution is 8.02. The summed E-state index contributed by atoms with van der Waals surface area (Å²) in [7, 11) is 0. The van der Waals surface area contributed by atoms with Crippen molar-refractivity contribution in [2.45, 2.75) is 68.9 Å². The zero-order chi connectivity index (χ0) is 26.2. The first-order valence-corrected chi connectivity index (χ1v) is 13.9. The lowest BCUT2D eigenvalue weighted by atomic mass is 9.66. The molecule has 36 heavy (non-hydrogen) atoms. The zero-order valence-electron chi connectivity index (χ0n) is 21.5. The second kappa shape index (κ2) is 10.6. The van der Waals surface area contributed by atoms with Gasteiger partial charge in [-0.05, 0) is 50.2 Å². The third-order valence-electron chi connectivity index (χ3n) is 8.36. The average molecular weight is 515 g/mol. The molecular weight excluding hydrogens is 476 g/mol. The number of fused-ring (bicyclic) bond motifs is 1. The van der Waals surface area contributed by atoms with Crippen LogP contribution in [0.25, 0.3) is 0 Å². The number of aryl methyl sites for hydroxylation is 2. The van der Waals surface area contributed by atoms with Crippen LogP contribution in [0.1, 0.15) is 50.2 Å². The summed E-state index contributed by atoms with van der Waals surface area (Å²) in [6.45, 7) is 10.8. The molecule has 1 aromatic rings. The lowest BCUT2D eigenvalue weighted by molar-refractivity contribution is -0.149. The molecule has 4 rings (SSSR count). The minimum Gasteiger partial charge on any atom is -0.481 e. The molecule has 3 saturated heterocycles. The summed E-state index contributed by atoms with van der Waals surface area (Å²) in [6.07, 6.45) is 5.51. The number of hydrogen-bond donors (Lipinski definition) is 2. The van der Waals surface area contributed by atoms with Crippen molar-refractivity contribution in [3.8, 4) is 0 Å². The van der Waals surface area contributed by atoms with Gasteiger partial charge in [0.1, 0.15) is 6.04 Å². The van der Waals surface area contributed by atoms with Gasteiger partial charge in [0.15, 0.2) is 0 Å². The second-order valence-electron chi connectivity index (χ2n) is 10.5. The Balaban J connectivity index is 1.77. The summed E-state index contributed by atoms with van der Waals surface area (Å²) < 4.78 is -0.747. The molecule has 7 nitrogen and oxygen atoms in total. The standard InChI is InChI=1S/C28H38N2O5S/c1-5-13-29(23-17(2)11-10-12-18(23)3)26(33)24-28-19(4)16-20(36-28)21(27(34)35)22(28)25(32)30(24)14-8-6-7-9-15-31/h5,10-12,19-22,24,31H,1,6-9,13-16H2,2-4H3,(H,34,35)/t19?,20-,21+,22+,24?,28?/m1/s1. The first-order chi connectivity index (χ1) is 17.2. The van der Waals surface area contributed by atoms with E-state index in [-0.39, 0.29) is 29.6 Å². The molecule has 1 spiro atoms. The Kier molecular flexibility index (Phi) is 7.86. The average Bonchev–Trinajstić information content (AvgIpc) is 3.41. The number of aliphatic carboxylic acids is 1. The maximum absolute atomic E-state index is 14.6. The van der Waals surface area contributed by atoms with Crippen LogP contribution in [0.3, 0.4) is 0 Å². The molecule has 3 aliphatic rings. The molecule has 196 valence electrons. The van der Waals surface area contributed by atoms with E-state index in [9.17, 15) is 19.5 Å². The summed E-state index contributed by atoms with van der Waals surface area (Å²) in [6, 6.07) is 5.20. The number of rotatable bonds is 11. The number of para-hydroxylation sites is 1. The molecule has 8 heteroatoms. The number of carboxylic acids is 1. The number of aliphatic hydroxyl groups excluding tert-OH is 1. The van der Waals surface area contributed by atoms with E-state index >= 15 is 0 Å². The minimum atomic E-state index is -0.937. The molecule has 1 aromatic carbocycles. The Morgan fingerprint density at radius 2 is 1.89 bits per heavy atom. The van der Waals surface area contributed by atoms with E-state index in [1.54, 1.807) is 27.6 Å². The molecular formula is C28H38N2O5S. The highest BCUT2D eigenvalue weighted by Gasteiger charge is 2.76. The van der Waals surface area contributed by atoms with E-state index in [0.717, 1.165) is 29.7 Å². The summed E-state index contributed by atoms with van der Waals surface area (Å²) in [5.74, 6) is -2.68. The Morgan fingerprint density at radius 3 is 2.50 bits per heavy atom. The molecule has 6 atom stereocenters. The SMILES string of the molecule is C=CCN(C(=O)C1N(CCCCCCO)C(=O)[C@@H]2[C@@H](C(=O)O)[C@H]3CC(C)C12S3)c1c(C)cccc1C. The number of hydrogen-bond acceptors (Lipinski definition) is 5. The van der Waals surface area contributed by atoms with Crippen molar-refractivity contribution in [3.05, 3.63) is 42.0 Å². The van der Waals surface area contributed by atoms with Crippen LogP contribution in [0, 0.1) is 31.6 Å². The van der Waals surface area contributed by atoms with Crippen molar-refractivity contribution >= 4 is 35.2 Å². The highest BCUT2D eigenvalue weighted by atomic mass is 32.2. The van der Waals surface area contributed by atoms with Crippen LogP contribution in [-0.4, -0.2) is 68.6 Å². The van der Waals surface area contributed by atoms with Gasteiger partial charge >= 0.3 is 5.97 Å². The molecule has 2 amide bonds. The van der Waals surface area contributed by atoms with Crippen LogP contribution in [0.15, 0.2) is 30.9 Å². The van der Waals surface area contributed by atoms with Gasteiger partial charge in [-0.25, -0.2) is 0 Å².